The minimum absolute atomic E-state index is 0.239. The highest BCUT2D eigenvalue weighted by Crippen LogP contribution is 2.18. The number of nitrogens with one attached hydrogen (secondary N) is 1. The Hall–Kier alpha value is -1.78. The minimum atomic E-state index is -0.239. The van der Waals surface area contributed by atoms with E-state index in [1.54, 1.807) is 12.1 Å². The first kappa shape index (κ1) is 14.2. The van der Waals surface area contributed by atoms with Crippen LogP contribution in [0.5, 0.6) is 0 Å². The summed E-state index contributed by atoms with van der Waals surface area (Å²) in [6, 6.07) is 15.2. The van der Waals surface area contributed by atoms with Gasteiger partial charge in [-0.2, -0.15) is 0 Å². The number of nitrogens with zero attached hydrogens (tertiary/aromatic N) is 1. The maximum atomic E-state index is 13.2. The van der Waals surface area contributed by atoms with Crippen LogP contribution in [-0.2, 0) is 13.1 Å². The molecule has 0 aliphatic carbocycles. The van der Waals surface area contributed by atoms with E-state index in [2.05, 4.69) is 44.4 Å². The van der Waals surface area contributed by atoms with Crippen molar-refractivity contribution in [1.29, 1.82) is 0 Å². The second kappa shape index (κ2) is 6.33. The molecular formula is C17H14BrFN2. The fourth-order valence-electron chi connectivity index (χ4n) is 2.30. The third-order valence-corrected chi connectivity index (χ3v) is 3.95. The Labute approximate surface area is 131 Å². The van der Waals surface area contributed by atoms with E-state index < -0.39 is 0 Å². The molecule has 3 aromatic rings. The molecule has 0 saturated heterocycles. The zero-order valence-corrected chi connectivity index (χ0v) is 12.9. The van der Waals surface area contributed by atoms with Crippen LogP contribution < -0.4 is 5.32 Å². The number of hydrogen-bond donors (Lipinski definition) is 1. The highest BCUT2D eigenvalue weighted by atomic mass is 79.9. The van der Waals surface area contributed by atoms with E-state index in [9.17, 15) is 4.39 Å². The summed E-state index contributed by atoms with van der Waals surface area (Å²) in [6.07, 6.45) is 1.81. The summed E-state index contributed by atoms with van der Waals surface area (Å²) in [4.78, 5) is 4.44. The topological polar surface area (TPSA) is 24.9 Å². The Balaban J connectivity index is 1.70. The monoisotopic (exact) mass is 344 g/mol. The van der Waals surface area contributed by atoms with Crippen molar-refractivity contribution in [3.63, 3.8) is 0 Å². The molecule has 0 spiro atoms. The van der Waals surface area contributed by atoms with Crippen LogP contribution in [0.2, 0.25) is 0 Å². The normalized spacial score (nSPS) is 11.0. The fourth-order valence-corrected chi connectivity index (χ4v) is 2.73. The molecule has 0 bridgehead atoms. The molecule has 0 radical (unpaired) electrons. The van der Waals surface area contributed by atoms with Crippen molar-refractivity contribution in [3.05, 3.63) is 76.1 Å². The van der Waals surface area contributed by atoms with Crippen LogP contribution in [0.4, 0.5) is 4.39 Å². The van der Waals surface area contributed by atoms with E-state index in [0.29, 0.717) is 11.0 Å². The highest BCUT2D eigenvalue weighted by molar-refractivity contribution is 9.10. The van der Waals surface area contributed by atoms with Crippen molar-refractivity contribution in [3.8, 4) is 0 Å². The molecule has 3 rings (SSSR count). The summed E-state index contributed by atoms with van der Waals surface area (Å²) < 4.78 is 13.7. The lowest BCUT2D eigenvalue weighted by molar-refractivity contribution is 0.618. The van der Waals surface area contributed by atoms with E-state index >= 15 is 0 Å². The smallest absolute Gasteiger partial charge is 0.137 e. The van der Waals surface area contributed by atoms with Crippen molar-refractivity contribution >= 4 is 26.8 Å². The van der Waals surface area contributed by atoms with Crippen LogP contribution in [0.1, 0.15) is 11.1 Å². The van der Waals surface area contributed by atoms with Crippen LogP contribution in [0.3, 0.4) is 0 Å². The molecule has 0 fully saturated rings. The molecule has 0 atom stereocenters. The molecule has 1 heterocycles. The molecule has 0 saturated carbocycles. The lowest BCUT2D eigenvalue weighted by Crippen LogP contribution is -2.13. The third kappa shape index (κ3) is 3.28. The summed E-state index contributed by atoms with van der Waals surface area (Å²) in [5.74, 6) is -0.239. The molecule has 0 aliphatic rings. The third-order valence-electron chi connectivity index (χ3n) is 3.34. The number of aromatic nitrogens is 1. The van der Waals surface area contributed by atoms with E-state index in [0.717, 1.165) is 28.6 Å². The highest BCUT2D eigenvalue weighted by Gasteiger charge is 2.03. The van der Waals surface area contributed by atoms with Gasteiger partial charge in [0.2, 0.25) is 0 Å². The van der Waals surface area contributed by atoms with Crippen LogP contribution in [-0.4, -0.2) is 4.98 Å². The molecule has 1 N–H and O–H groups in total. The van der Waals surface area contributed by atoms with E-state index in [4.69, 9.17) is 0 Å². The summed E-state index contributed by atoms with van der Waals surface area (Å²) in [5.41, 5.74) is 3.22. The van der Waals surface area contributed by atoms with Gasteiger partial charge in [-0.1, -0.05) is 30.3 Å². The first-order valence-corrected chi connectivity index (χ1v) is 7.50. The first-order chi connectivity index (χ1) is 10.2. The van der Waals surface area contributed by atoms with Gasteiger partial charge < -0.3 is 5.32 Å². The number of fused-ring (bicyclic) bond motifs is 1. The zero-order chi connectivity index (χ0) is 14.7. The maximum Gasteiger partial charge on any atom is 0.137 e. The Morgan fingerprint density at radius 2 is 1.90 bits per heavy atom. The van der Waals surface area contributed by atoms with E-state index in [1.165, 1.54) is 6.07 Å². The fraction of sp³-hybridized carbons (Fsp3) is 0.118. The SMILES string of the molecule is Fc1ccc(CNCc2cccc3cccnc23)cc1Br. The van der Waals surface area contributed by atoms with Crippen molar-refractivity contribution in [2.45, 2.75) is 13.1 Å². The maximum absolute atomic E-state index is 13.2. The van der Waals surface area contributed by atoms with Crippen molar-refractivity contribution in [2.24, 2.45) is 0 Å². The Morgan fingerprint density at radius 3 is 2.76 bits per heavy atom. The van der Waals surface area contributed by atoms with E-state index in [1.807, 2.05) is 18.3 Å². The van der Waals surface area contributed by atoms with Crippen LogP contribution >= 0.6 is 15.9 Å². The number of halogens is 2. The first-order valence-electron chi connectivity index (χ1n) is 6.71. The van der Waals surface area contributed by atoms with Crippen LogP contribution in [0.15, 0.2) is 59.2 Å². The molecule has 0 unspecified atom stereocenters. The number of benzene rings is 2. The quantitative estimate of drug-likeness (QED) is 0.757. The van der Waals surface area contributed by atoms with Gasteiger partial charge in [-0.15, -0.1) is 0 Å². The van der Waals surface area contributed by atoms with Gasteiger partial charge in [0, 0.05) is 24.7 Å². The summed E-state index contributed by atoms with van der Waals surface area (Å²) >= 11 is 3.20. The summed E-state index contributed by atoms with van der Waals surface area (Å²) in [5, 5.41) is 4.51. The average molecular weight is 345 g/mol. The number of para-hydroxylation sites is 1. The molecular weight excluding hydrogens is 331 g/mol. The van der Waals surface area contributed by atoms with Crippen molar-refractivity contribution in [2.75, 3.05) is 0 Å². The van der Waals surface area contributed by atoms with Gasteiger partial charge in [0.1, 0.15) is 5.82 Å². The molecule has 0 aliphatic heterocycles. The standard InChI is InChI=1S/C17H14BrFN2/c18-15-9-12(6-7-16(15)19)10-20-11-14-4-1-3-13-5-2-8-21-17(13)14/h1-9,20H,10-11H2. The largest absolute Gasteiger partial charge is 0.309 e. The van der Waals surface area contributed by atoms with Crippen LogP contribution in [0, 0.1) is 5.82 Å². The van der Waals surface area contributed by atoms with Gasteiger partial charge >= 0.3 is 0 Å². The molecule has 21 heavy (non-hydrogen) atoms. The van der Waals surface area contributed by atoms with Crippen molar-refractivity contribution in [1.82, 2.24) is 10.3 Å². The van der Waals surface area contributed by atoms with Gasteiger partial charge in [0.25, 0.3) is 0 Å². The van der Waals surface area contributed by atoms with Crippen molar-refractivity contribution < 1.29 is 4.39 Å². The molecule has 0 amide bonds. The number of hydrogen-bond acceptors (Lipinski definition) is 2. The molecule has 4 heteroatoms. The lowest BCUT2D eigenvalue weighted by atomic mass is 10.1. The molecule has 1 aromatic heterocycles. The van der Waals surface area contributed by atoms with Gasteiger partial charge in [0.15, 0.2) is 0 Å². The van der Waals surface area contributed by atoms with Gasteiger partial charge in [-0.05, 0) is 45.3 Å². The van der Waals surface area contributed by atoms with Crippen LogP contribution in [0.25, 0.3) is 10.9 Å². The molecule has 2 aromatic carbocycles. The second-order valence-corrected chi connectivity index (χ2v) is 5.70. The van der Waals surface area contributed by atoms with Gasteiger partial charge in [-0.3, -0.25) is 4.98 Å². The lowest BCUT2D eigenvalue weighted by Gasteiger charge is -2.08. The Bertz CT molecular complexity index is 768. The summed E-state index contributed by atoms with van der Waals surface area (Å²) in [6.45, 7) is 1.41. The van der Waals surface area contributed by atoms with Gasteiger partial charge in [0.05, 0.1) is 9.99 Å². The number of rotatable bonds is 4. The zero-order valence-electron chi connectivity index (χ0n) is 11.3. The average Bonchev–Trinajstić information content (AvgIpc) is 2.51. The molecule has 106 valence electrons. The Kier molecular flexibility index (Phi) is 4.27. The second-order valence-electron chi connectivity index (χ2n) is 4.84. The predicted octanol–water partition coefficient (Wildman–Crippen LogP) is 4.43. The Morgan fingerprint density at radius 1 is 1.05 bits per heavy atom. The van der Waals surface area contributed by atoms with Gasteiger partial charge in [-0.25, -0.2) is 4.39 Å². The minimum Gasteiger partial charge on any atom is -0.309 e. The predicted molar refractivity (Wildman–Crippen MR) is 86.4 cm³/mol. The molecule has 2 nitrogen and oxygen atoms in total. The van der Waals surface area contributed by atoms with E-state index in [-0.39, 0.29) is 5.82 Å². The number of pyridine rings is 1. The summed E-state index contributed by atoms with van der Waals surface area (Å²) in [7, 11) is 0.